The number of hydrogen-bond acceptors (Lipinski definition) is 5. The minimum absolute atomic E-state index is 0.553. The molecule has 1 saturated heterocycles. The van der Waals surface area contributed by atoms with Crippen LogP contribution in [0.1, 0.15) is 26.0 Å². The largest absolute Gasteiger partial charge is 0.351 e. The van der Waals surface area contributed by atoms with Crippen LogP contribution in [0, 0.1) is 0 Å². The van der Waals surface area contributed by atoms with Crippen LogP contribution in [0.15, 0.2) is 12.4 Å². The fraction of sp³-hybridized carbons (Fsp3) is 0.692. The lowest BCUT2D eigenvalue weighted by Gasteiger charge is -2.33. The molecule has 2 heterocycles. The predicted molar refractivity (Wildman–Crippen MR) is 78.2 cm³/mol. The van der Waals surface area contributed by atoms with Crippen LogP contribution in [-0.4, -0.2) is 40.6 Å². The first-order valence-electron chi connectivity index (χ1n) is 6.67. The molecule has 0 bridgehead atoms. The molecule has 18 heavy (non-hydrogen) atoms. The number of anilines is 1. The lowest BCUT2D eigenvalue weighted by atomic mass is 10.3. The van der Waals surface area contributed by atoms with Gasteiger partial charge in [-0.3, -0.25) is 4.98 Å². The summed E-state index contributed by atoms with van der Waals surface area (Å²) in [5, 5.41) is 3.37. The van der Waals surface area contributed by atoms with Gasteiger partial charge in [0.1, 0.15) is 5.82 Å². The Morgan fingerprint density at radius 2 is 2.39 bits per heavy atom. The van der Waals surface area contributed by atoms with Crippen molar-refractivity contribution < 1.29 is 0 Å². The van der Waals surface area contributed by atoms with Crippen molar-refractivity contribution in [3.63, 3.8) is 0 Å². The summed E-state index contributed by atoms with van der Waals surface area (Å²) in [4.78, 5) is 11.4. The van der Waals surface area contributed by atoms with Gasteiger partial charge in [0.2, 0.25) is 0 Å². The van der Waals surface area contributed by atoms with E-state index in [9.17, 15) is 0 Å². The molecular formula is C13H22N4S. The Balaban J connectivity index is 2.01. The van der Waals surface area contributed by atoms with Crippen molar-refractivity contribution in [2.24, 2.45) is 0 Å². The molecule has 1 fully saturated rings. The van der Waals surface area contributed by atoms with Gasteiger partial charge in [-0.2, -0.15) is 11.8 Å². The van der Waals surface area contributed by atoms with E-state index in [2.05, 4.69) is 29.0 Å². The first kappa shape index (κ1) is 13.6. The van der Waals surface area contributed by atoms with Crippen LogP contribution >= 0.6 is 11.8 Å². The molecule has 0 radical (unpaired) electrons. The molecule has 0 spiro atoms. The molecule has 100 valence electrons. The summed E-state index contributed by atoms with van der Waals surface area (Å²) in [6.45, 7) is 7.35. The maximum Gasteiger partial charge on any atom is 0.147 e. The molecular weight excluding hydrogens is 244 g/mol. The quantitative estimate of drug-likeness (QED) is 0.825. The minimum Gasteiger partial charge on any atom is -0.351 e. The number of thioether (sulfide) groups is 1. The predicted octanol–water partition coefficient (Wildman–Crippen LogP) is 1.92. The van der Waals surface area contributed by atoms with Gasteiger partial charge in [-0.25, -0.2) is 4.98 Å². The Bertz CT molecular complexity index is 372. The highest BCUT2D eigenvalue weighted by Gasteiger charge is 2.20. The zero-order valence-electron chi connectivity index (χ0n) is 11.2. The van der Waals surface area contributed by atoms with Gasteiger partial charge in [0.15, 0.2) is 0 Å². The number of nitrogens with zero attached hydrogens (tertiary/aromatic N) is 3. The molecule has 5 heteroatoms. The monoisotopic (exact) mass is 266 g/mol. The smallest absolute Gasteiger partial charge is 0.147 e. The molecule has 0 saturated carbocycles. The van der Waals surface area contributed by atoms with Gasteiger partial charge in [0.25, 0.3) is 0 Å². The van der Waals surface area contributed by atoms with Crippen LogP contribution in [0.2, 0.25) is 0 Å². The van der Waals surface area contributed by atoms with Crippen LogP contribution in [0.25, 0.3) is 0 Å². The minimum atomic E-state index is 0.553. The van der Waals surface area contributed by atoms with Crippen LogP contribution in [0.5, 0.6) is 0 Å². The number of hydrogen-bond donors (Lipinski definition) is 1. The Morgan fingerprint density at radius 1 is 1.50 bits per heavy atom. The standard InChI is InChI=1S/C13H22N4S/c1-3-4-14-7-12-8-15-9-13(16-12)17-5-6-18-10-11(17)2/h8-9,11,14H,3-7,10H2,1-2H3. The average molecular weight is 266 g/mol. The summed E-state index contributed by atoms with van der Waals surface area (Å²) in [6, 6.07) is 0.553. The molecule has 0 aliphatic carbocycles. The fourth-order valence-corrected chi connectivity index (χ4v) is 3.09. The third kappa shape index (κ3) is 3.59. The first-order chi connectivity index (χ1) is 8.81. The normalized spacial score (nSPS) is 20.1. The van der Waals surface area contributed by atoms with Crippen molar-refractivity contribution in [2.45, 2.75) is 32.9 Å². The zero-order valence-corrected chi connectivity index (χ0v) is 12.0. The summed E-state index contributed by atoms with van der Waals surface area (Å²) in [6.07, 6.45) is 4.89. The van der Waals surface area contributed by atoms with Crippen LogP contribution < -0.4 is 10.2 Å². The van der Waals surface area contributed by atoms with Crippen LogP contribution in [0.4, 0.5) is 5.82 Å². The third-order valence-electron chi connectivity index (χ3n) is 3.07. The van der Waals surface area contributed by atoms with Crippen molar-refractivity contribution in [3.05, 3.63) is 18.1 Å². The van der Waals surface area contributed by atoms with Gasteiger partial charge in [-0.1, -0.05) is 6.92 Å². The van der Waals surface area contributed by atoms with E-state index in [4.69, 9.17) is 4.98 Å². The summed E-state index contributed by atoms with van der Waals surface area (Å²) >= 11 is 2.02. The van der Waals surface area contributed by atoms with Gasteiger partial charge in [0.05, 0.1) is 11.9 Å². The topological polar surface area (TPSA) is 41.1 Å². The van der Waals surface area contributed by atoms with Crippen LogP contribution in [-0.2, 0) is 6.54 Å². The zero-order chi connectivity index (χ0) is 12.8. The molecule has 2 rings (SSSR count). The Labute approximate surface area is 114 Å². The van der Waals surface area contributed by atoms with E-state index in [0.29, 0.717) is 6.04 Å². The molecule has 0 amide bonds. The van der Waals surface area contributed by atoms with Gasteiger partial charge in [0, 0.05) is 36.8 Å². The number of rotatable bonds is 5. The fourth-order valence-electron chi connectivity index (χ4n) is 2.08. The van der Waals surface area contributed by atoms with E-state index in [0.717, 1.165) is 37.6 Å². The highest BCUT2D eigenvalue weighted by atomic mass is 32.2. The lowest BCUT2D eigenvalue weighted by molar-refractivity contribution is 0.651. The maximum absolute atomic E-state index is 4.71. The van der Waals surface area contributed by atoms with E-state index in [-0.39, 0.29) is 0 Å². The van der Waals surface area contributed by atoms with E-state index in [1.54, 1.807) is 0 Å². The lowest BCUT2D eigenvalue weighted by Crippen LogP contribution is -2.41. The highest BCUT2D eigenvalue weighted by Crippen LogP contribution is 2.21. The molecule has 4 nitrogen and oxygen atoms in total. The second kappa shape index (κ2) is 6.95. The number of aromatic nitrogens is 2. The average Bonchev–Trinajstić information content (AvgIpc) is 2.40. The Kier molecular flexibility index (Phi) is 5.26. The summed E-state index contributed by atoms with van der Waals surface area (Å²) in [5.74, 6) is 3.39. The molecule has 0 aromatic carbocycles. The summed E-state index contributed by atoms with van der Waals surface area (Å²) in [5.41, 5.74) is 1.03. The van der Waals surface area contributed by atoms with E-state index < -0.39 is 0 Å². The van der Waals surface area contributed by atoms with Crippen molar-refractivity contribution in [3.8, 4) is 0 Å². The molecule has 1 aromatic heterocycles. The number of nitrogens with one attached hydrogen (secondary N) is 1. The van der Waals surface area contributed by atoms with Gasteiger partial charge in [-0.15, -0.1) is 0 Å². The van der Waals surface area contributed by atoms with Gasteiger partial charge < -0.3 is 10.2 Å². The first-order valence-corrected chi connectivity index (χ1v) is 7.82. The van der Waals surface area contributed by atoms with E-state index >= 15 is 0 Å². The van der Waals surface area contributed by atoms with E-state index in [1.165, 1.54) is 11.5 Å². The SMILES string of the molecule is CCCNCc1cncc(N2CCSCC2C)n1. The Morgan fingerprint density at radius 3 is 3.17 bits per heavy atom. The molecule has 1 N–H and O–H groups in total. The molecule has 1 atom stereocenters. The second-order valence-electron chi connectivity index (χ2n) is 4.66. The Hall–Kier alpha value is -0.810. The summed E-state index contributed by atoms with van der Waals surface area (Å²) in [7, 11) is 0. The van der Waals surface area contributed by atoms with E-state index in [1.807, 2.05) is 24.2 Å². The van der Waals surface area contributed by atoms with Crippen molar-refractivity contribution in [2.75, 3.05) is 29.5 Å². The molecule has 1 aromatic rings. The van der Waals surface area contributed by atoms with Gasteiger partial charge in [-0.05, 0) is 19.9 Å². The van der Waals surface area contributed by atoms with Crippen molar-refractivity contribution in [1.29, 1.82) is 0 Å². The highest BCUT2D eigenvalue weighted by molar-refractivity contribution is 7.99. The molecule has 1 unspecified atom stereocenters. The third-order valence-corrected chi connectivity index (χ3v) is 4.26. The van der Waals surface area contributed by atoms with Crippen molar-refractivity contribution >= 4 is 17.6 Å². The molecule has 1 aliphatic heterocycles. The summed E-state index contributed by atoms with van der Waals surface area (Å²) < 4.78 is 0. The molecule has 1 aliphatic rings. The maximum atomic E-state index is 4.71. The van der Waals surface area contributed by atoms with Crippen LogP contribution in [0.3, 0.4) is 0 Å². The van der Waals surface area contributed by atoms with Crippen molar-refractivity contribution in [1.82, 2.24) is 15.3 Å². The van der Waals surface area contributed by atoms with Gasteiger partial charge >= 0.3 is 0 Å². The second-order valence-corrected chi connectivity index (χ2v) is 5.81.